The zero-order valence-corrected chi connectivity index (χ0v) is 12.9. The van der Waals surface area contributed by atoms with Crippen LogP contribution in [0.15, 0.2) is 30.3 Å². The number of methoxy groups -OCH3 is 1. The average Bonchev–Trinajstić information content (AvgIpc) is 2.42. The second-order valence-corrected chi connectivity index (χ2v) is 5.32. The number of benzene rings is 2. The van der Waals surface area contributed by atoms with Crippen LogP contribution in [0, 0.1) is 6.92 Å². The van der Waals surface area contributed by atoms with Crippen LogP contribution < -0.4 is 10.1 Å². The first-order valence-corrected chi connectivity index (χ1v) is 6.92. The minimum atomic E-state index is -0.167. The van der Waals surface area contributed by atoms with E-state index in [-0.39, 0.29) is 17.5 Å². The number of aryl methyl sites for hydroxylation is 1. The SMILES string of the molecule is COc1cc(Cl)c(C)cc1NC(C)c1ccc(O)cc1O. The molecule has 2 aromatic carbocycles. The van der Waals surface area contributed by atoms with Crippen molar-refractivity contribution >= 4 is 17.3 Å². The summed E-state index contributed by atoms with van der Waals surface area (Å²) in [6, 6.07) is 8.02. The molecule has 2 rings (SSSR count). The van der Waals surface area contributed by atoms with Crippen LogP contribution in [0.4, 0.5) is 5.69 Å². The van der Waals surface area contributed by atoms with Crippen molar-refractivity contribution < 1.29 is 14.9 Å². The quantitative estimate of drug-likeness (QED) is 0.790. The molecule has 3 N–H and O–H groups in total. The van der Waals surface area contributed by atoms with Gasteiger partial charge in [0.1, 0.15) is 17.2 Å². The molecule has 0 aliphatic carbocycles. The zero-order valence-electron chi connectivity index (χ0n) is 12.1. The highest BCUT2D eigenvalue weighted by Crippen LogP contribution is 2.35. The Hall–Kier alpha value is -2.07. The normalized spacial score (nSPS) is 12.0. The van der Waals surface area contributed by atoms with E-state index in [2.05, 4.69) is 5.32 Å². The predicted molar refractivity (Wildman–Crippen MR) is 84.6 cm³/mol. The molecule has 0 saturated carbocycles. The van der Waals surface area contributed by atoms with Crippen LogP contribution in [-0.4, -0.2) is 17.3 Å². The summed E-state index contributed by atoms with van der Waals surface area (Å²) in [6.07, 6.45) is 0. The summed E-state index contributed by atoms with van der Waals surface area (Å²) in [5, 5.41) is 23.2. The number of halogens is 1. The molecule has 0 radical (unpaired) electrons. The number of anilines is 1. The van der Waals surface area contributed by atoms with Gasteiger partial charge in [0.2, 0.25) is 0 Å². The standard InChI is InChI=1S/C16H18ClNO3/c1-9-6-14(16(21-3)8-13(9)17)18-10(2)12-5-4-11(19)7-15(12)20/h4-8,10,18-20H,1-3H3. The molecule has 4 nitrogen and oxygen atoms in total. The van der Waals surface area contributed by atoms with Crippen molar-refractivity contribution in [3.63, 3.8) is 0 Å². The molecule has 5 heteroatoms. The van der Waals surface area contributed by atoms with Crippen molar-refractivity contribution in [1.29, 1.82) is 0 Å². The van der Waals surface area contributed by atoms with E-state index < -0.39 is 0 Å². The Balaban J connectivity index is 2.31. The molecule has 0 aliphatic heterocycles. The summed E-state index contributed by atoms with van der Waals surface area (Å²) < 4.78 is 5.32. The maximum atomic E-state index is 9.91. The lowest BCUT2D eigenvalue weighted by Gasteiger charge is -2.20. The third kappa shape index (κ3) is 3.34. The highest BCUT2D eigenvalue weighted by Gasteiger charge is 2.14. The number of aromatic hydroxyl groups is 2. The van der Waals surface area contributed by atoms with Gasteiger partial charge in [0.25, 0.3) is 0 Å². The minimum Gasteiger partial charge on any atom is -0.508 e. The first-order chi connectivity index (χ1) is 9.92. The Morgan fingerprint density at radius 2 is 1.90 bits per heavy atom. The van der Waals surface area contributed by atoms with Gasteiger partial charge in [-0.1, -0.05) is 11.6 Å². The number of ether oxygens (including phenoxy) is 1. The highest BCUT2D eigenvalue weighted by molar-refractivity contribution is 6.31. The fraction of sp³-hybridized carbons (Fsp3) is 0.250. The highest BCUT2D eigenvalue weighted by atomic mass is 35.5. The van der Waals surface area contributed by atoms with Gasteiger partial charge in [-0.25, -0.2) is 0 Å². The van der Waals surface area contributed by atoms with E-state index in [4.69, 9.17) is 16.3 Å². The lowest BCUT2D eigenvalue weighted by atomic mass is 10.1. The van der Waals surface area contributed by atoms with Gasteiger partial charge in [0.05, 0.1) is 18.8 Å². The fourth-order valence-corrected chi connectivity index (χ4v) is 2.31. The van der Waals surface area contributed by atoms with Crippen LogP contribution in [0.25, 0.3) is 0 Å². The molecule has 0 fully saturated rings. The monoisotopic (exact) mass is 307 g/mol. The fourth-order valence-electron chi connectivity index (χ4n) is 2.15. The third-order valence-electron chi connectivity index (χ3n) is 3.33. The van der Waals surface area contributed by atoms with E-state index in [0.29, 0.717) is 16.3 Å². The number of hydrogen-bond donors (Lipinski definition) is 3. The molecule has 1 atom stereocenters. The second kappa shape index (κ2) is 6.14. The molecule has 0 aromatic heterocycles. The summed E-state index contributed by atoms with van der Waals surface area (Å²) in [4.78, 5) is 0. The molecule has 1 unspecified atom stereocenters. The van der Waals surface area contributed by atoms with Crippen molar-refractivity contribution in [2.75, 3.05) is 12.4 Å². The van der Waals surface area contributed by atoms with Crippen molar-refractivity contribution in [2.45, 2.75) is 19.9 Å². The topological polar surface area (TPSA) is 61.7 Å². The molecule has 112 valence electrons. The van der Waals surface area contributed by atoms with Gasteiger partial charge in [0.15, 0.2) is 0 Å². The van der Waals surface area contributed by atoms with Crippen molar-refractivity contribution in [3.8, 4) is 17.2 Å². The Labute approximate surface area is 129 Å². The first-order valence-electron chi connectivity index (χ1n) is 6.55. The Bertz CT molecular complexity index is 658. The van der Waals surface area contributed by atoms with E-state index in [1.54, 1.807) is 19.2 Å². The van der Waals surface area contributed by atoms with Crippen LogP contribution in [0.3, 0.4) is 0 Å². The zero-order chi connectivity index (χ0) is 15.6. The lowest BCUT2D eigenvalue weighted by molar-refractivity contribution is 0.415. The molecule has 2 aromatic rings. The Morgan fingerprint density at radius 3 is 2.52 bits per heavy atom. The van der Waals surface area contributed by atoms with Gasteiger partial charge in [-0.2, -0.15) is 0 Å². The van der Waals surface area contributed by atoms with Crippen LogP contribution >= 0.6 is 11.6 Å². The van der Waals surface area contributed by atoms with E-state index >= 15 is 0 Å². The number of nitrogens with one attached hydrogen (secondary N) is 1. The van der Waals surface area contributed by atoms with Gasteiger partial charge in [0, 0.05) is 22.7 Å². The summed E-state index contributed by atoms with van der Waals surface area (Å²) in [5.74, 6) is 0.707. The molecule has 21 heavy (non-hydrogen) atoms. The average molecular weight is 308 g/mol. The van der Waals surface area contributed by atoms with E-state index in [1.165, 1.54) is 12.1 Å². The maximum absolute atomic E-state index is 9.91. The van der Waals surface area contributed by atoms with Gasteiger partial charge < -0.3 is 20.3 Å². The molecule has 0 aliphatic rings. The number of phenolic OH excluding ortho intramolecular Hbond substituents is 2. The third-order valence-corrected chi connectivity index (χ3v) is 3.74. The first kappa shape index (κ1) is 15.3. The molecular weight excluding hydrogens is 290 g/mol. The van der Waals surface area contributed by atoms with E-state index in [0.717, 1.165) is 11.3 Å². The minimum absolute atomic E-state index is 0.0309. The van der Waals surface area contributed by atoms with Gasteiger partial charge in [-0.3, -0.25) is 0 Å². The largest absolute Gasteiger partial charge is 0.508 e. The van der Waals surface area contributed by atoms with Crippen molar-refractivity contribution in [3.05, 3.63) is 46.5 Å². The van der Waals surface area contributed by atoms with E-state index in [9.17, 15) is 10.2 Å². The molecule has 0 saturated heterocycles. The summed E-state index contributed by atoms with van der Waals surface area (Å²) in [5.41, 5.74) is 2.41. The Morgan fingerprint density at radius 1 is 1.19 bits per heavy atom. The smallest absolute Gasteiger partial charge is 0.143 e. The van der Waals surface area contributed by atoms with Crippen LogP contribution in [0.1, 0.15) is 24.1 Å². The number of rotatable bonds is 4. The second-order valence-electron chi connectivity index (χ2n) is 4.91. The molecule has 0 heterocycles. The van der Waals surface area contributed by atoms with Crippen molar-refractivity contribution in [2.24, 2.45) is 0 Å². The van der Waals surface area contributed by atoms with Gasteiger partial charge in [-0.15, -0.1) is 0 Å². The van der Waals surface area contributed by atoms with E-state index in [1.807, 2.05) is 19.9 Å². The summed E-state index contributed by atoms with van der Waals surface area (Å²) >= 11 is 6.09. The Kier molecular flexibility index (Phi) is 4.48. The predicted octanol–water partition coefficient (Wildman–Crippen LogP) is 4.24. The molecule has 0 amide bonds. The molecule has 0 spiro atoms. The van der Waals surface area contributed by atoms with Crippen LogP contribution in [-0.2, 0) is 0 Å². The lowest BCUT2D eigenvalue weighted by Crippen LogP contribution is -2.08. The summed E-state index contributed by atoms with van der Waals surface area (Å²) in [6.45, 7) is 3.82. The molecule has 0 bridgehead atoms. The van der Waals surface area contributed by atoms with Crippen LogP contribution in [0.5, 0.6) is 17.2 Å². The number of phenols is 2. The molecular formula is C16H18ClNO3. The van der Waals surface area contributed by atoms with Crippen molar-refractivity contribution in [1.82, 2.24) is 0 Å². The summed E-state index contributed by atoms with van der Waals surface area (Å²) in [7, 11) is 1.58. The number of hydrogen-bond acceptors (Lipinski definition) is 4. The van der Waals surface area contributed by atoms with Gasteiger partial charge >= 0.3 is 0 Å². The maximum Gasteiger partial charge on any atom is 0.143 e. The van der Waals surface area contributed by atoms with Gasteiger partial charge in [-0.05, 0) is 37.6 Å². The van der Waals surface area contributed by atoms with Crippen LogP contribution in [0.2, 0.25) is 5.02 Å².